The van der Waals surface area contributed by atoms with Gasteiger partial charge in [0.1, 0.15) is 0 Å². The quantitative estimate of drug-likeness (QED) is 0.441. The lowest BCUT2D eigenvalue weighted by Gasteiger charge is -2.25. The fourth-order valence-corrected chi connectivity index (χ4v) is 4.84. The number of rotatable bonds is 3. The van der Waals surface area contributed by atoms with E-state index in [0.717, 1.165) is 47.6 Å². The maximum atomic E-state index is 5.27. The van der Waals surface area contributed by atoms with E-state index in [2.05, 4.69) is 88.1 Å². The fourth-order valence-electron chi connectivity index (χ4n) is 4.84. The highest BCUT2D eigenvalue weighted by Crippen LogP contribution is 2.37. The van der Waals surface area contributed by atoms with E-state index in [-0.39, 0.29) is 0 Å². The minimum Gasteiger partial charge on any atom is -0.248 e. The van der Waals surface area contributed by atoms with Gasteiger partial charge >= 0.3 is 0 Å². The summed E-state index contributed by atoms with van der Waals surface area (Å²) in [6, 6.07) is 13.5. The molecule has 5 rings (SSSR count). The van der Waals surface area contributed by atoms with E-state index >= 15 is 0 Å². The molecule has 0 saturated carbocycles. The summed E-state index contributed by atoms with van der Waals surface area (Å²) >= 11 is 0. The molecule has 154 valence electrons. The van der Waals surface area contributed by atoms with Gasteiger partial charge in [-0.1, -0.05) is 35.7 Å². The van der Waals surface area contributed by atoms with Crippen LogP contribution in [-0.4, -0.2) is 9.97 Å². The Balaban J connectivity index is 1.76. The maximum Gasteiger partial charge on any atom is 0.0972 e. The molecule has 0 saturated heterocycles. The molecular weight excluding hydrogens is 376 g/mol. The molecule has 2 heteroatoms. The highest BCUT2D eigenvalue weighted by atomic mass is 14.9. The van der Waals surface area contributed by atoms with Gasteiger partial charge in [-0.3, -0.25) is 0 Å². The number of benzene rings is 2. The third-order valence-corrected chi connectivity index (χ3v) is 6.30. The van der Waals surface area contributed by atoms with Crippen molar-refractivity contribution in [2.45, 2.75) is 47.0 Å². The van der Waals surface area contributed by atoms with Crippen LogP contribution in [0.2, 0.25) is 0 Å². The Kier molecular flexibility index (Phi) is 4.96. The van der Waals surface area contributed by atoms with Crippen LogP contribution in [0.1, 0.15) is 47.0 Å². The number of fused-ring (bicyclic) bond motifs is 2. The summed E-state index contributed by atoms with van der Waals surface area (Å²) in [6.45, 7) is 8.67. The highest BCUT2D eigenvalue weighted by Gasteiger charge is 2.25. The largest absolute Gasteiger partial charge is 0.248 e. The van der Waals surface area contributed by atoms with E-state index in [0.29, 0.717) is 5.92 Å². The molecule has 2 aliphatic carbocycles. The molecule has 3 aromatic rings. The average molecular weight is 405 g/mol. The summed E-state index contributed by atoms with van der Waals surface area (Å²) in [5.41, 5.74) is 16.1. The maximum absolute atomic E-state index is 5.27. The molecule has 1 aromatic heterocycles. The lowest BCUT2D eigenvalue weighted by Crippen LogP contribution is -2.16. The van der Waals surface area contributed by atoms with Gasteiger partial charge in [-0.05, 0) is 99.6 Å². The van der Waals surface area contributed by atoms with Gasteiger partial charge in [0, 0.05) is 11.1 Å². The van der Waals surface area contributed by atoms with Gasteiger partial charge in [0.2, 0.25) is 0 Å². The second-order valence-corrected chi connectivity index (χ2v) is 8.99. The van der Waals surface area contributed by atoms with Crippen LogP contribution in [-0.2, 0) is 12.8 Å². The van der Waals surface area contributed by atoms with Crippen molar-refractivity contribution < 1.29 is 0 Å². The van der Waals surface area contributed by atoms with Gasteiger partial charge in [0.05, 0.1) is 22.8 Å². The van der Waals surface area contributed by atoms with Crippen LogP contribution in [0.25, 0.3) is 28.6 Å². The van der Waals surface area contributed by atoms with Gasteiger partial charge in [0.25, 0.3) is 0 Å². The third-order valence-electron chi connectivity index (χ3n) is 6.30. The van der Waals surface area contributed by atoms with Crippen LogP contribution >= 0.6 is 0 Å². The first-order chi connectivity index (χ1) is 15.0. The topological polar surface area (TPSA) is 25.8 Å². The molecule has 0 aliphatic heterocycles. The van der Waals surface area contributed by atoms with E-state index in [9.17, 15) is 0 Å². The summed E-state index contributed by atoms with van der Waals surface area (Å²) in [6.07, 6.45) is 9.45. The predicted octanol–water partition coefficient (Wildman–Crippen LogP) is 6.97. The first-order valence-corrected chi connectivity index (χ1v) is 11.2. The number of allylic oxidation sites excluding steroid dienone is 2. The molecule has 1 atom stereocenters. The zero-order valence-electron chi connectivity index (χ0n) is 18.8. The second kappa shape index (κ2) is 7.80. The van der Waals surface area contributed by atoms with Crippen LogP contribution < -0.4 is 0 Å². The molecule has 2 aromatic carbocycles. The minimum absolute atomic E-state index is 0.492. The van der Waals surface area contributed by atoms with Crippen molar-refractivity contribution in [2.24, 2.45) is 5.92 Å². The van der Waals surface area contributed by atoms with E-state index in [1.54, 1.807) is 0 Å². The van der Waals surface area contributed by atoms with Gasteiger partial charge in [-0.2, -0.15) is 0 Å². The Morgan fingerprint density at radius 1 is 0.871 bits per heavy atom. The molecular formula is C29H28N2. The van der Waals surface area contributed by atoms with E-state index < -0.39 is 0 Å². The van der Waals surface area contributed by atoms with E-state index in [1.807, 2.05) is 0 Å². The number of hydrogen-bond donors (Lipinski definition) is 0. The SMILES string of the molecule is CCc1cc(C)cc(-c2nc3c(nc2-c2cc(C)cc(C)c2)C=C2C=C=CCC2C3)c1. The molecule has 1 heterocycles. The molecule has 0 radical (unpaired) electrons. The first kappa shape index (κ1) is 19.7. The Hall–Kier alpha value is -3.22. The van der Waals surface area contributed by atoms with Gasteiger partial charge in [-0.25, -0.2) is 9.97 Å². The number of hydrogen-bond acceptors (Lipinski definition) is 2. The lowest BCUT2D eigenvalue weighted by atomic mass is 9.83. The zero-order valence-corrected chi connectivity index (χ0v) is 18.8. The van der Waals surface area contributed by atoms with Crippen molar-refractivity contribution in [1.29, 1.82) is 0 Å². The lowest BCUT2D eigenvalue weighted by molar-refractivity contribution is 0.609. The molecule has 0 bridgehead atoms. The van der Waals surface area contributed by atoms with Crippen molar-refractivity contribution in [3.63, 3.8) is 0 Å². The van der Waals surface area contributed by atoms with Crippen molar-refractivity contribution in [1.82, 2.24) is 9.97 Å². The van der Waals surface area contributed by atoms with Gasteiger partial charge in [-0.15, -0.1) is 5.73 Å². The molecule has 2 aliphatic rings. The Bertz CT molecular complexity index is 1270. The standard InChI is InChI=1S/C29H28N2/c1-5-21-11-20(4)14-25(15-21)29-28(24-12-18(2)10-19(3)13-24)30-26-16-22-8-6-7-9-23(22)17-27(26)31-29/h7-8,10-16,23H,5,9,17H2,1-4H3. The Morgan fingerprint density at radius 3 is 2.29 bits per heavy atom. The Morgan fingerprint density at radius 2 is 1.55 bits per heavy atom. The van der Waals surface area contributed by atoms with E-state index in [1.165, 1.54) is 33.4 Å². The van der Waals surface area contributed by atoms with E-state index in [4.69, 9.17) is 9.97 Å². The number of aryl methyl sites for hydroxylation is 4. The monoisotopic (exact) mass is 404 g/mol. The molecule has 0 spiro atoms. The fraction of sp³-hybridized carbons (Fsp3) is 0.276. The van der Waals surface area contributed by atoms with Gasteiger partial charge in [0.15, 0.2) is 0 Å². The summed E-state index contributed by atoms with van der Waals surface area (Å²) < 4.78 is 0. The number of nitrogens with zero attached hydrogens (tertiary/aromatic N) is 2. The summed E-state index contributed by atoms with van der Waals surface area (Å²) in [7, 11) is 0. The molecule has 0 fully saturated rings. The predicted molar refractivity (Wildman–Crippen MR) is 129 cm³/mol. The smallest absolute Gasteiger partial charge is 0.0972 e. The van der Waals surface area contributed by atoms with Gasteiger partial charge < -0.3 is 0 Å². The van der Waals surface area contributed by atoms with Crippen LogP contribution in [0.3, 0.4) is 0 Å². The molecule has 0 amide bonds. The van der Waals surface area contributed by atoms with Crippen molar-refractivity contribution in [2.75, 3.05) is 0 Å². The minimum atomic E-state index is 0.492. The zero-order chi connectivity index (χ0) is 21.5. The molecule has 31 heavy (non-hydrogen) atoms. The molecule has 0 N–H and O–H groups in total. The summed E-state index contributed by atoms with van der Waals surface area (Å²) in [4.78, 5) is 10.5. The van der Waals surface area contributed by atoms with Crippen molar-refractivity contribution in [3.8, 4) is 22.5 Å². The average Bonchev–Trinajstić information content (AvgIpc) is 2.75. The normalized spacial score (nSPS) is 16.6. The third kappa shape index (κ3) is 3.80. The number of aromatic nitrogens is 2. The summed E-state index contributed by atoms with van der Waals surface area (Å²) in [5, 5.41) is 0. The van der Waals surface area contributed by atoms with Crippen molar-refractivity contribution in [3.05, 3.63) is 93.5 Å². The Labute approximate surface area is 185 Å². The molecule has 2 nitrogen and oxygen atoms in total. The summed E-state index contributed by atoms with van der Waals surface area (Å²) in [5.74, 6) is 0.492. The van der Waals surface area contributed by atoms with Crippen LogP contribution in [0, 0.1) is 26.7 Å². The highest BCUT2D eigenvalue weighted by molar-refractivity contribution is 5.80. The molecule has 1 unspecified atom stereocenters. The van der Waals surface area contributed by atoms with Crippen LogP contribution in [0.4, 0.5) is 0 Å². The van der Waals surface area contributed by atoms with Crippen molar-refractivity contribution >= 4 is 6.08 Å². The van der Waals surface area contributed by atoms with Crippen LogP contribution in [0.5, 0.6) is 0 Å². The van der Waals surface area contributed by atoms with Crippen LogP contribution in [0.15, 0.2) is 59.9 Å². The second-order valence-electron chi connectivity index (χ2n) is 8.99. The first-order valence-electron chi connectivity index (χ1n) is 11.2.